The molecule has 0 saturated carbocycles. The Kier molecular flexibility index (Phi) is 6.92. The standard InChI is InChI=1S/C28H31N5O2S/c1-17(2)35-25-10-7-19(15-20(25)16-29)26-31-32-27(36-26)23-6-4-5-22-21(23)8-9-24(22)30-28(34)33-13-11-18(3)12-14-33/h4-7,10,15,17-18,24H,8-9,11-14H2,1-3H3,(H,30,34)/t24-/m0/s1. The van der Waals surface area contributed by atoms with Crippen molar-refractivity contribution in [3.63, 3.8) is 0 Å². The second-order valence-electron chi connectivity index (χ2n) is 9.99. The van der Waals surface area contributed by atoms with E-state index in [1.54, 1.807) is 0 Å². The van der Waals surface area contributed by atoms with Gasteiger partial charge in [0.25, 0.3) is 0 Å². The monoisotopic (exact) mass is 501 g/mol. The Balaban J connectivity index is 1.35. The smallest absolute Gasteiger partial charge is 0.317 e. The second-order valence-corrected chi connectivity index (χ2v) is 11.0. The fourth-order valence-corrected chi connectivity index (χ4v) is 5.90. The molecule has 186 valence electrons. The molecule has 1 aromatic heterocycles. The number of benzene rings is 2. The van der Waals surface area contributed by atoms with Gasteiger partial charge < -0.3 is 15.0 Å². The summed E-state index contributed by atoms with van der Waals surface area (Å²) < 4.78 is 5.74. The molecular weight excluding hydrogens is 470 g/mol. The number of hydrogen-bond donors (Lipinski definition) is 1. The largest absolute Gasteiger partial charge is 0.490 e. The first-order chi connectivity index (χ1) is 17.4. The third kappa shape index (κ3) is 4.93. The Morgan fingerprint density at radius 3 is 2.69 bits per heavy atom. The molecule has 1 aliphatic carbocycles. The lowest BCUT2D eigenvalue weighted by Gasteiger charge is -2.31. The number of piperidine rings is 1. The third-order valence-corrected chi connectivity index (χ3v) is 8.01. The predicted molar refractivity (Wildman–Crippen MR) is 141 cm³/mol. The number of ether oxygens (including phenoxy) is 1. The highest BCUT2D eigenvalue weighted by atomic mass is 32.1. The fourth-order valence-electron chi connectivity index (χ4n) is 5.01. The number of rotatable bonds is 5. The van der Waals surface area contributed by atoms with Crippen molar-refractivity contribution in [2.45, 2.75) is 58.6 Å². The zero-order valence-corrected chi connectivity index (χ0v) is 21.8. The molecule has 1 N–H and O–H groups in total. The minimum Gasteiger partial charge on any atom is -0.490 e. The van der Waals surface area contributed by atoms with Gasteiger partial charge in [-0.25, -0.2) is 4.79 Å². The van der Waals surface area contributed by atoms with Gasteiger partial charge in [0.05, 0.1) is 17.7 Å². The molecule has 3 aromatic rings. The molecule has 1 atom stereocenters. The first-order valence-electron chi connectivity index (χ1n) is 12.6. The highest BCUT2D eigenvalue weighted by Crippen LogP contribution is 2.40. The van der Waals surface area contributed by atoms with Gasteiger partial charge in [0.2, 0.25) is 0 Å². The maximum Gasteiger partial charge on any atom is 0.317 e. The molecule has 1 aliphatic heterocycles. The summed E-state index contributed by atoms with van der Waals surface area (Å²) in [7, 11) is 0. The summed E-state index contributed by atoms with van der Waals surface area (Å²) in [4.78, 5) is 14.8. The van der Waals surface area contributed by atoms with E-state index in [2.05, 4.69) is 40.6 Å². The number of urea groups is 1. The molecule has 1 fully saturated rings. The van der Waals surface area contributed by atoms with Crippen LogP contribution >= 0.6 is 11.3 Å². The first-order valence-corrected chi connectivity index (χ1v) is 13.5. The summed E-state index contributed by atoms with van der Waals surface area (Å²) >= 11 is 1.51. The topological polar surface area (TPSA) is 91.1 Å². The van der Waals surface area contributed by atoms with Crippen molar-refractivity contribution < 1.29 is 9.53 Å². The molecule has 8 heteroatoms. The maximum atomic E-state index is 12.9. The molecule has 2 heterocycles. The Morgan fingerprint density at radius 1 is 1.17 bits per heavy atom. The van der Waals surface area contributed by atoms with Crippen LogP contribution in [0.1, 0.15) is 62.8 Å². The van der Waals surface area contributed by atoms with E-state index < -0.39 is 0 Å². The van der Waals surface area contributed by atoms with Gasteiger partial charge in [0.1, 0.15) is 21.8 Å². The Bertz CT molecular complexity index is 1300. The van der Waals surface area contributed by atoms with E-state index >= 15 is 0 Å². The number of amides is 2. The van der Waals surface area contributed by atoms with E-state index in [0.29, 0.717) is 17.2 Å². The Morgan fingerprint density at radius 2 is 1.94 bits per heavy atom. The Hall–Kier alpha value is -3.44. The van der Waals surface area contributed by atoms with Crippen LogP contribution in [0.3, 0.4) is 0 Å². The van der Waals surface area contributed by atoms with Gasteiger partial charge in [-0.15, -0.1) is 10.2 Å². The zero-order valence-electron chi connectivity index (χ0n) is 21.0. The molecule has 0 radical (unpaired) electrons. The van der Waals surface area contributed by atoms with Crippen LogP contribution in [0.15, 0.2) is 36.4 Å². The summed E-state index contributed by atoms with van der Waals surface area (Å²) in [5, 5.41) is 23.4. The molecule has 1 saturated heterocycles. The minimum absolute atomic E-state index is 0.00609. The fraction of sp³-hybridized carbons (Fsp3) is 0.429. The van der Waals surface area contributed by atoms with Crippen LogP contribution in [0.5, 0.6) is 5.75 Å². The number of carbonyl (C=O) groups excluding carboxylic acids is 1. The van der Waals surface area contributed by atoms with Gasteiger partial charge in [-0.05, 0) is 74.8 Å². The van der Waals surface area contributed by atoms with Gasteiger partial charge >= 0.3 is 6.03 Å². The van der Waals surface area contributed by atoms with Gasteiger partial charge in [-0.2, -0.15) is 5.26 Å². The molecule has 36 heavy (non-hydrogen) atoms. The zero-order chi connectivity index (χ0) is 25.2. The second kappa shape index (κ2) is 10.3. The highest BCUT2D eigenvalue weighted by Gasteiger charge is 2.29. The third-order valence-electron chi connectivity index (χ3n) is 7.00. The lowest BCUT2D eigenvalue weighted by Crippen LogP contribution is -2.45. The van der Waals surface area contributed by atoms with Crippen molar-refractivity contribution >= 4 is 17.4 Å². The van der Waals surface area contributed by atoms with Crippen LogP contribution in [-0.4, -0.2) is 40.3 Å². The van der Waals surface area contributed by atoms with Crippen LogP contribution in [0.25, 0.3) is 21.1 Å². The number of aromatic nitrogens is 2. The van der Waals surface area contributed by atoms with Crippen LogP contribution in [-0.2, 0) is 6.42 Å². The maximum absolute atomic E-state index is 12.9. The van der Waals surface area contributed by atoms with Gasteiger partial charge in [-0.3, -0.25) is 0 Å². The Labute approximate surface area is 216 Å². The normalized spacial score (nSPS) is 17.6. The van der Waals surface area contributed by atoms with E-state index in [4.69, 9.17) is 4.74 Å². The highest BCUT2D eigenvalue weighted by molar-refractivity contribution is 7.17. The van der Waals surface area contributed by atoms with E-state index in [9.17, 15) is 10.1 Å². The number of carbonyl (C=O) groups is 1. The van der Waals surface area contributed by atoms with Gasteiger partial charge in [0, 0.05) is 24.2 Å². The lowest BCUT2D eigenvalue weighted by molar-refractivity contribution is 0.170. The van der Waals surface area contributed by atoms with E-state index in [0.717, 1.165) is 59.9 Å². The molecule has 2 aromatic carbocycles. The molecule has 7 nitrogen and oxygen atoms in total. The van der Waals surface area contributed by atoms with Gasteiger partial charge in [0.15, 0.2) is 0 Å². The molecule has 0 bridgehead atoms. The van der Waals surface area contributed by atoms with Crippen molar-refractivity contribution in [3.05, 3.63) is 53.1 Å². The number of hydrogen-bond acceptors (Lipinski definition) is 6. The number of nitriles is 1. The summed E-state index contributed by atoms with van der Waals surface area (Å²) in [5.74, 6) is 1.27. The van der Waals surface area contributed by atoms with E-state index in [1.807, 2.05) is 43.0 Å². The van der Waals surface area contributed by atoms with Crippen LogP contribution in [0, 0.1) is 17.2 Å². The molecular formula is C28H31N5O2S. The number of nitrogens with zero attached hydrogens (tertiary/aromatic N) is 4. The summed E-state index contributed by atoms with van der Waals surface area (Å²) in [5.41, 5.74) is 4.81. The van der Waals surface area contributed by atoms with Crippen molar-refractivity contribution in [3.8, 4) is 33.0 Å². The average molecular weight is 502 g/mol. The van der Waals surface area contributed by atoms with Crippen molar-refractivity contribution in [1.82, 2.24) is 20.4 Å². The average Bonchev–Trinajstić information content (AvgIpc) is 3.52. The van der Waals surface area contributed by atoms with Crippen LogP contribution < -0.4 is 10.1 Å². The quantitative estimate of drug-likeness (QED) is 0.466. The number of nitrogens with one attached hydrogen (secondary N) is 1. The summed E-state index contributed by atoms with van der Waals surface area (Å²) in [6.07, 6.45) is 3.91. The van der Waals surface area contributed by atoms with Crippen LogP contribution in [0.4, 0.5) is 4.79 Å². The molecule has 5 rings (SSSR count). The van der Waals surface area contributed by atoms with Gasteiger partial charge in [-0.1, -0.05) is 36.5 Å². The van der Waals surface area contributed by atoms with Crippen molar-refractivity contribution in [2.75, 3.05) is 13.1 Å². The van der Waals surface area contributed by atoms with Crippen molar-refractivity contribution in [1.29, 1.82) is 5.26 Å². The molecule has 2 amide bonds. The number of likely N-dealkylation sites (tertiary alicyclic amines) is 1. The van der Waals surface area contributed by atoms with E-state index in [-0.39, 0.29) is 18.2 Å². The van der Waals surface area contributed by atoms with Crippen molar-refractivity contribution in [2.24, 2.45) is 5.92 Å². The SMILES string of the molecule is CC1CCN(C(=O)N[C@H]2CCc3c(-c4nnc(-c5ccc(OC(C)C)c(C#N)c5)s4)cccc32)CC1. The van der Waals surface area contributed by atoms with Crippen LogP contribution in [0.2, 0.25) is 0 Å². The minimum atomic E-state index is -0.00609. The first kappa shape index (κ1) is 24.3. The molecule has 0 spiro atoms. The summed E-state index contributed by atoms with van der Waals surface area (Å²) in [6, 6.07) is 14.1. The predicted octanol–water partition coefficient (Wildman–Crippen LogP) is 5.96. The summed E-state index contributed by atoms with van der Waals surface area (Å²) in [6.45, 7) is 7.79. The molecule has 0 unspecified atom stereocenters. The number of fused-ring (bicyclic) bond motifs is 1. The van der Waals surface area contributed by atoms with E-state index in [1.165, 1.54) is 22.5 Å². The lowest BCUT2D eigenvalue weighted by atomic mass is 9.99. The molecule has 2 aliphatic rings.